The minimum atomic E-state index is -3.92. The number of nitrogens with one attached hydrogen (secondary N) is 1. The number of carbonyl (C=O) groups is 2. The first-order valence-corrected chi connectivity index (χ1v) is 13.7. The first-order valence-electron chi connectivity index (χ1n) is 12.3. The number of benzene rings is 3. The smallest absolute Gasteiger partial charge is 0.243 e. The number of rotatable bonds is 11. The molecule has 3 aromatic carbocycles. The molecule has 1 N–H and O–H groups in total. The summed E-state index contributed by atoms with van der Waals surface area (Å²) in [5.74, 6) is -0.662. The lowest BCUT2D eigenvalue weighted by Gasteiger charge is -2.32. The maximum Gasteiger partial charge on any atom is 0.243 e. The van der Waals surface area contributed by atoms with Crippen LogP contribution in [0.2, 0.25) is 0 Å². The van der Waals surface area contributed by atoms with E-state index in [0.29, 0.717) is 13.0 Å². The topological polar surface area (TPSA) is 86.8 Å². The molecule has 0 aromatic heterocycles. The van der Waals surface area contributed by atoms with Gasteiger partial charge in [0.2, 0.25) is 21.8 Å². The van der Waals surface area contributed by atoms with Crippen LogP contribution in [0.15, 0.2) is 71.6 Å². The van der Waals surface area contributed by atoms with E-state index in [-0.39, 0.29) is 23.9 Å². The van der Waals surface area contributed by atoms with E-state index < -0.39 is 22.0 Å². The van der Waals surface area contributed by atoms with Crippen LogP contribution >= 0.6 is 0 Å². The number of likely N-dealkylation sites (N-methyl/N-ethyl adjacent to an activating group) is 1. The Balaban J connectivity index is 1.88. The van der Waals surface area contributed by atoms with Crippen LogP contribution in [0.25, 0.3) is 10.8 Å². The standard InChI is InChI=1S/C28H35N3O4S/c1-5-17-29-28(33)26(6-2)31(19-24-14-8-7-11-21(24)3)27(32)20-30(4)36(34,35)25-16-15-22-12-9-10-13-23(22)18-25/h7-16,18,26H,5-6,17,19-20H2,1-4H3,(H,29,33)/t26-/m1/s1. The second-order valence-electron chi connectivity index (χ2n) is 8.93. The summed E-state index contributed by atoms with van der Waals surface area (Å²) in [6.07, 6.45) is 1.19. The summed E-state index contributed by atoms with van der Waals surface area (Å²) in [5, 5.41) is 4.62. The Labute approximate surface area is 214 Å². The number of carbonyl (C=O) groups excluding carboxylic acids is 2. The number of aryl methyl sites for hydroxylation is 1. The Bertz CT molecular complexity index is 1320. The van der Waals surface area contributed by atoms with Crippen LogP contribution in [0.4, 0.5) is 0 Å². The first-order chi connectivity index (χ1) is 17.2. The highest BCUT2D eigenvalue weighted by atomic mass is 32.2. The Morgan fingerprint density at radius 1 is 0.944 bits per heavy atom. The lowest BCUT2D eigenvalue weighted by atomic mass is 10.1. The average molecular weight is 510 g/mol. The zero-order chi connectivity index (χ0) is 26.3. The minimum absolute atomic E-state index is 0.120. The zero-order valence-electron chi connectivity index (χ0n) is 21.4. The molecular weight excluding hydrogens is 474 g/mol. The van der Waals surface area contributed by atoms with Crippen molar-refractivity contribution >= 4 is 32.6 Å². The van der Waals surface area contributed by atoms with Crippen molar-refractivity contribution < 1.29 is 18.0 Å². The third kappa shape index (κ3) is 6.30. The molecule has 0 heterocycles. The fraction of sp³-hybridized carbons (Fsp3) is 0.357. The molecule has 7 nitrogen and oxygen atoms in total. The van der Waals surface area contributed by atoms with Crippen LogP contribution in [0.1, 0.15) is 37.8 Å². The molecule has 192 valence electrons. The van der Waals surface area contributed by atoms with E-state index in [2.05, 4.69) is 5.32 Å². The van der Waals surface area contributed by atoms with Gasteiger partial charge < -0.3 is 10.2 Å². The lowest BCUT2D eigenvalue weighted by molar-refractivity contribution is -0.141. The molecule has 0 bridgehead atoms. The summed E-state index contributed by atoms with van der Waals surface area (Å²) in [4.78, 5) is 28.1. The molecule has 1 atom stereocenters. The van der Waals surface area contributed by atoms with Gasteiger partial charge in [0, 0.05) is 20.1 Å². The predicted molar refractivity (Wildman–Crippen MR) is 143 cm³/mol. The SMILES string of the molecule is CCCNC(=O)[C@@H](CC)N(Cc1ccccc1C)C(=O)CN(C)S(=O)(=O)c1ccc2ccccc2c1. The van der Waals surface area contributed by atoms with Gasteiger partial charge in [-0.15, -0.1) is 0 Å². The maximum atomic E-state index is 13.6. The van der Waals surface area contributed by atoms with Crippen LogP contribution in [0.3, 0.4) is 0 Å². The summed E-state index contributed by atoms with van der Waals surface area (Å²) in [7, 11) is -2.53. The van der Waals surface area contributed by atoms with Crippen LogP contribution in [-0.4, -0.2) is 55.6 Å². The van der Waals surface area contributed by atoms with E-state index in [1.807, 2.05) is 69.3 Å². The van der Waals surface area contributed by atoms with Gasteiger partial charge >= 0.3 is 0 Å². The Morgan fingerprint density at radius 2 is 1.61 bits per heavy atom. The predicted octanol–water partition coefficient (Wildman–Crippen LogP) is 4.10. The van der Waals surface area contributed by atoms with Crippen molar-refractivity contribution in [3.05, 3.63) is 77.9 Å². The highest BCUT2D eigenvalue weighted by Gasteiger charge is 2.32. The van der Waals surface area contributed by atoms with E-state index in [9.17, 15) is 18.0 Å². The quantitative estimate of drug-likeness (QED) is 0.422. The minimum Gasteiger partial charge on any atom is -0.354 e. The van der Waals surface area contributed by atoms with Crippen molar-refractivity contribution in [1.82, 2.24) is 14.5 Å². The number of sulfonamides is 1. The van der Waals surface area contributed by atoms with Gasteiger partial charge in [0.1, 0.15) is 6.04 Å². The number of nitrogens with zero attached hydrogens (tertiary/aromatic N) is 2. The lowest BCUT2D eigenvalue weighted by Crippen LogP contribution is -2.51. The molecule has 0 spiro atoms. The van der Waals surface area contributed by atoms with Gasteiger partial charge in [-0.3, -0.25) is 9.59 Å². The van der Waals surface area contributed by atoms with Crippen molar-refractivity contribution in [2.24, 2.45) is 0 Å². The second-order valence-corrected chi connectivity index (χ2v) is 11.0. The average Bonchev–Trinajstić information content (AvgIpc) is 2.87. The first kappa shape index (κ1) is 27.4. The molecule has 0 aliphatic heterocycles. The zero-order valence-corrected chi connectivity index (χ0v) is 22.2. The largest absolute Gasteiger partial charge is 0.354 e. The number of fused-ring (bicyclic) bond motifs is 1. The Hall–Kier alpha value is -3.23. The summed E-state index contributed by atoms with van der Waals surface area (Å²) < 4.78 is 27.7. The van der Waals surface area contributed by atoms with Crippen LogP contribution in [-0.2, 0) is 26.2 Å². The normalized spacial score (nSPS) is 12.5. The van der Waals surface area contributed by atoms with Crippen molar-refractivity contribution in [1.29, 1.82) is 0 Å². The molecule has 0 fully saturated rings. The Kier molecular flexibility index (Phi) is 9.23. The number of amides is 2. The molecule has 8 heteroatoms. The Morgan fingerprint density at radius 3 is 2.28 bits per heavy atom. The molecule has 3 aromatic rings. The molecule has 0 unspecified atom stereocenters. The van der Waals surface area contributed by atoms with Gasteiger partial charge in [-0.1, -0.05) is 68.4 Å². The van der Waals surface area contributed by atoms with Crippen LogP contribution < -0.4 is 5.32 Å². The molecule has 3 rings (SSSR count). The van der Waals surface area contributed by atoms with Crippen LogP contribution in [0.5, 0.6) is 0 Å². The van der Waals surface area contributed by atoms with Crippen molar-refractivity contribution in [3.63, 3.8) is 0 Å². The van der Waals surface area contributed by atoms with E-state index in [4.69, 9.17) is 0 Å². The summed E-state index contributed by atoms with van der Waals surface area (Å²) >= 11 is 0. The number of hydrogen-bond acceptors (Lipinski definition) is 4. The molecule has 36 heavy (non-hydrogen) atoms. The number of hydrogen-bond donors (Lipinski definition) is 1. The fourth-order valence-corrected chi connectivity index (χ4v) is 5.29. The van der Waals surface area contributed by atoms with Crippen molar-refractivity contribution in [2.45, 2.75) is 51.1 Å². The van der Waals surface area contributed by atoms with Gasteiger partial charge in [0.25, 0.3) is 0 Å². The van der Waals surface area contributed by atoms with Crippen molar-refractivity contribution in [3.8, 4) is 0 Å². The van der Waals surface area contributed by atoms with Gasteiger partial charge in [-0.2, -0.15) is 4.31 Å². The second kappa shape index (κ2) is 12.1. The molecule has 0 saturated carbocycles. The van der Waals surface area contributed by atoms with E-state index in [0.717, 1.165) is 32.6 Å². The highest BCUT2D eigenvalue weighted by molar-refractivity contribution is 7.89. The van der Waals surface area contributed by atoms with Crippen LogP contribution in [0, 0.1) is 6.92 Å². The molecule has 0 saturated heterocycles. The summed E-state index contributed by atoms with van der Waals surface area (Å²) in [6, 6.07) is 19.4. The monoisotopic (exact) mass is 509 g/mol. The van der Waals surface area contributed by atoms with E-state index in [1.165, 1.54) is 11.9 Å². The van der Waals surface area contributed by atoms with Gasteiger partial charge in [-0.05, 0) is 53.8 Å². The van der Waals surface area contributed by atoms with E-state index >= 15 is 0 Å². The summed E-state index contributed by atoms with van der Waals surface area (Å²) in [6.45, 7) is 6.12. The fourth-order valence-electron chi connectivity index (χ4n) is 4.13. The maximum absolute atomic E-state index is 13.6. The summed E-state index contributed by atoms with van der Waals surface area (Å²) in [5.41, 5.74) is 1.91. The molecule has 0 aliphatic rings. The molecule has 2 amide bonds. The third-order valence-corrected chi connectivity index (χ3v) is 8.12. The van der Waals surface area contributed by atoms with E-state index in [1.54, 1.807) is 18.2 Å². The third-order valence-electron chi connectivity index (χ3n) is 6.32. The highest BCUT2D eigenvalue weighted by Crippen LogP contribution is 2.22. The van der Waals surface area contributed by atoms with Crippen molar-refractivity contribution in [2.75, 3.05) is 20.1 Å². The molecule has 0 aliphatic carbocycles. The van der Waals surface area contributed by atoms with Gasteiger partial charge in [-0.25, -0.2) is 8.42 Å². The molecular formula is C28H35N3O4S. The van der Waals surface area contributed by atoms with Gasteiger partial charge in [0.15, 0.2) is 0 Å². The molecule has 0 radical (unpaired) electrons. The van der Waals surface area contributed by atoms with Gasteiger partial charge in [0.05, 0.1) is 11.4 Å².